The smallest absolute Gasteiger partial charge is 0.323 e. The maximum atomic E-state index is 11.9. The molecule has 5 nitrogen and oxygen atoms in total. The van der Waals surface area contributed by atoms with E-state index in [1.165, 1.54) is 4.90 Å². The Morgan fingerprint density at radius 1 is 1.31 bits per heavy atom. The second-order valence-corrected chi connectivity index (χ2v) is 4.49. The Morgan fingerprint density at radius 3 is 2.56 bits per heavy atom. The first-order chi connectivity index (χ1) is 7.66. The minimum Gasteiger partial charge on any atom is -0.480 e. The summed E-state index contributed by atoms with van der Waals surface area (Å²) in [6.07, 6.45) is 4.12. The average Bonchev–Trinajstić information content (AvgIpc) is 2.94. The van der Waals surface area contributed by atoms with Crippen molar-refractivity contribution >= 4 is 11.9 Å². The van der Waals surface area contributed by atoms with Gasteiger partial charge >= 0.3 is 5.97 Å². The maximum Gasteiger partial charge on any atom is 0.323 e. The molecule has 16 heavy (non-hydrogen) atoms. The molecule has 0 aromatic heterocycles. The zero-order valence-electron chi connectivity index (χ0n) is 9.22. The summed E-state index contributed by atoms with van der Waals surface area (Å²) in [5.41, 5.74) is 0. The summed E-state index contributed by atoms with van der Waals surface area (Å²) >= 11 is 0. The monoisotopic (exact) mass is 227 g/mol. The Hall–Kier alpha value is -1.10. The van der Waals surface area contributed by atoms with Crippen molar-refractivity contribution in [3.05, 3.63) is 0 Å². The number of amides is 1. The van der Waals surface area contributed by atoms with Gasteiger partial charge < -0.3 is 14.7 Å². The molecule has 0 radical (unpaired) electrons. The van der Waals surface area contributed by atoms with E-state index < -0.39 is 5.97 Å². The van der Waals surface area contributed by atoms with Crippen molar-refractivity contribution in [3.8, 4) is 0 Å². The van der Waals surface area contributed by atoms with E-state index in [0.29, 0.717) is 6.42 Å². The molecule has 1 saturated heterocycles. The third-order valence-electron chi connectivity index (χ3n) is 3.04. The van der Waals surface area contributed by atoms with Crippen LogP contribution in [0.3, 0.4) is 0 Å². The molecular weight excluding hydrogens is 210 g/mol. The SMILES string of the molecule is O=C(O)CN(C(=O)CC1CCCO1)C1CC1. The highest BCUT2D eigenvalue weighted by atomic mass is 16.5. The van der Waals surface area contributed by atoms with Gasteiger partial charge in [0.25, 0.3) is 0 Å². The fraction of sp³-hybridized carbons (Fsp3) is 0.818. The molecule has 1 N–H and O–H groups in total. The summed E-state index contributed by atoms with van der Waals surface area (Å²) in [4.78, 5) is 24.0. The van der Waals surface area contributed by atoms with Crippen molar-refractivity contribution in [1.29, 1.82) is 0 Å². The molecule has 5 heteroatoms. The molecular formula is C11H17NO4. The molecule has 90 valence electrons. The summed E-state index contributed by atoms with van der Waals surface area (Å²) in [7, 11) is 0. The quantitative estimate of drug-likeness (QED) is 0.748. The number of carbonyl (C=O) groups excluding carboxylic acids is 1. The van der Waals surface area contributed by atoms with Gasteiger partial charge in [-0.3, -0.25) is 9.59 Å². The van der Waals surface area contributed by atoms with Crippen molar-refractivity contribution in [2.45, 2.75) is 44.2 Å². The van der Waals surface area contributed by atoms with Crippen LogP contribution in [-0.4, -0.2) is 47.2 Å². The van der Waals surface area contributed by atoms with Crippen LogP contribution in [0.25, 0.3) is 0 Å². The number of aliphatic carboxylic acids is 1. The lowest BCUT2D eigenvalue weighted by Crippen LogP contribution is -2.38. The predicted octanol–water partition coefficient (Wildman–Crippen LogP) is 0.631. The number of hydrogen-bond acceptors (Lipinski definition) is 3. The molecule has 0 aromatic carbocycles. The normalized spacial score (nSPS) is 24.4. The van der Waals surface area contributed by atoms with E-state index in [9.17, 15) is 9.59 Å². The van der Waals surface area contributed by atoms with Gasteiger partial charge in [-0.15, -0.1) is 0 Å². The van der Waals surface area contributed by atoms with Crippen molar-refractivity contribution in [2.24, 2.45) is 0 Å². The van der Waals surface area contributed by atoms with Crippen LogP contribution >= 0.6 is 0 Å². The first-order valence-electron chi connectivity index (χ1n) is 5.79. The van der Waals surface area contributed by atoms with Crippen molar-refractivity contribution in [2.75, 3.05) is 13.2 Å². The minimum atomic E-state index is -0.937. The molecule has 1 heterocycles. The van der Waals surface area contributed by atoms with Crippen molar-refractivity contribution in [1.82, 2.24) is 4.90 Å². The van der Waals surface area contributed by atoms with E-state index in [1.54, 1.807) is 0 Å². The number of nitrogens with zero attached hydrogens (tertiary/aromatic N) is 1. The lowest BCUT2D eigenvalue weighted by molar-refractivity contribution is -0.145. The van der Waals surface area contributed by atoms with E-state index in [-0.39, 0.29) is 24.6 Å². The Labute approximate surface area is 94.4 Å². The summed E-state index contributed by atoms with van der Waals surface area (Å²) in [6.45, 7) is 0.552. The van der Waals surface area contributed by atoms with Crippen LogP contribution in [-0.2, 0) is 14.3 Å². The summed E-state index contributed by atoms with van der Waals surface area (Å²) in [6, 6.07) is 0.157. The highest BCUT2D eigenvalue weighted by molar-refractivity contribution is 5.82. The molecule has 1 saturated carbocycles. The molecule has 2 rings (SSSR count). The molecule has 2 aliphatic rings. The van der Waals surface area contributed by atoms with Gasteiger partial charge in [0.2, 0.25) is 5.91 Å². The van der Waals surface area contributed by atoms with Gasteiger partial charge in [0, 0.05) is 12.6 Å². The second kappa shape index (κ2) is 4.82. The average molecular weight is 227 g/mol. The number of rotatable bonds is 5. The van der Waals surface area contributed by atoms with E-state index in [0.717, 1.165) is 32.3 Å². The summed E-state index contributed by atoms with van der Waals surface area (Å²) < 4.78 is 5.38. The molecule has 1 aliphatic carbocycles. The molecule has 0 spiro atoms. The summed E-state index contributed by atoms with van der Waals surface area (Å²) in [5.74, 6) is -1.01. The van der Waals surface area contributed by atoms with Crippen molar-refractivity contribution in [3.63, 3.8) is 0 Å². The molecule has 1 unspecified atom stereocenters. The van der Waals surface area contributed by atoms with Gasteiger partial charge in [0.1, 0.15) is 6.54 Å². The number of carboxylic acids is 1. The van der Waals surface area contributed by atoms with Crippen LogP contribution < -0.4 is 0 Å². The topological polar surface area (TPSA) is 66.8 Å². The lowest BCUT2D eigenvalue weighted by Gasteiger charge is -2.21. The van der Waals surface area contributed by atoms with Crippen LogP contribution in [0.1, 0.15) is 32.1 Å². The van der Waals surface area contributed by atoms with Gasteiger partial charge in [-0.25, -0.2) is 0 Å². The van der Waals surface area contributed by atoms with E-state index in [1.807, 2.05) is 0 Å². The van der Waals surface area contributed by atoms with Crippen LogP contribution in [0.5, 0.6) is 0 Å². The van der Waals surface area contributed by atoms with E-state index in [4.69, 9.17) is 9.84 Å². The molecule has 2 fully saturated rings. The first-order valence-corrected chi connectivity index (χ1v) is 5.79. The number of hydrogen-bond donors (Lipinski definition) is 1. The highest BCUT2D eigenvalue weighted by Gasteiger charge is 2.35. The van der Waals surface area contributed by atoms with Crippen LogP contribution in [0, 0.1) is 0 Å². The predicted molar refractivity (Wildman–Crippen MR) is 56.0 cm³/mol. The Kier molecular flexibility index (Phi) is 3.43. The first kappa shape index (κ1) is 11.4. The largest absolute Gasteiger partial charge is 0.480 e. The second-order valence-electron chi connectivity index (χ2n) is 4.49. The van der Waals surface area contributed by atoms with Gasteiger partial charge in [-0.1, -0.05) is 0 Å². The molecule has 1 aliphatic heterocycles. The summed E-state index contributed by atoms with van der Waals surface area (Å²) in [5, 5.41) is 8.75. The minimum absolute atomic E-state index is 0.00236. The molecule has 1 atom stereocenters. The molecule has 1 amide bonds. The third-order valence-corrected chi connectivity index (χ3v) is 3.04. The Bertz CT molecular complexity index is 282. The van der Waals surface area contributed by atoms with Crippen LogP contribution in [0.2, 0.25) is 0 Å². The third kappa shape index (κ3) is 2.95. The zero-order chi connectivity index (χ0) is 11.5. The lowest BCUT2D eigenvalue weighted by atomic mass is 10.1. The number of carbonyl (C=O) groups is 2. The zero-order valence-corrected chi connectivity index (χ0v) is 9.22. The van der Waals surface area contributed by atoms with Gasteiger partial charge in [-0.2, -0.15) is 0 Å². The fourth-order valence-electron chi connectivity index (χ4n) is 2.07. The van der Waals surface area contributed by atoms with E-state index >= 15 is 0 Å². The van der Waals surface area contributed by atoms with E-state index in [2.05, 4.69) is 0 Å². The van der Waals surface area contributed by atoms with Crippen molar-refractivity contribution < 1.29 is 19.4 Å². The Balaban J connectivity index is 1.85. The molecule has 0 bridgehead atoms. The maximum absolute atomic E-state index is 11.9. The standard InChI is InChI=1S/C11H17NO4/c13-10(6-9-2-1-5-16-9)12(7-11(14)15)8-3-4-8/h8-9H,1-7H2,(H,14,15). The number of carboxylic acid groups (broad SMARTS) is 1. The number of ether oxygens (including phenoxy) is 1. The van der Waals surface area contributed by atoms with Gasteiger partial charge in [0.05, 0.1) is 12.5 Å². The fourth-order valence-corrected chi connectivity index (χ4v) is 2.07. The van der Waals surface area contributed by atoms with Crippen LogP contribution in [0.4, 0.5) is 0 Å². The van der Waals surface area contributed by atoms with Gasteiger partial charge in [-0.05, 0) is 25.7 Å². The molecule has 0 aromatic rings. The van der Waals surface area contributed by atoms with Gasteiger partial charge in [0.15, 0.2) is 0 Å². The Morgan fingerprint density at radius 2 is 2.06 bits per heavy atom. The van der Waals surface area contributed by atoms with Crippen LogP contribution in [0.15, 0.2) is 0 Å². The highest BCUT2D eigenvalue weighted by Crippen LogP contribution is 2.28.